The average molecular weight is 232 g/mol. The summed E-state index contributed by atoms with van der Waals surface area (Å²) >= 11 is 0. The highest BCUT2D eigenvalue weighted by Gasteiger charge is 2.37. The topological polar surface area (TPSA) is 49.4 Å². The van der Waals surface area contributed by atoms with E-state index >= 15 is 0 Å². The molecule has 1 saturated heterocycles. The van der Waals surface area contributed by atoms with E-state index in [1.165, 1.54) is 4.90 Å². The number of benzene rings is 1. The van der Waals surface area contributed by atoms with Crippen LogP contribution in [0.5, 0.6) is 0 Å². The number of hydrogen-bond donors (Lipinski definition) is 1. The van der Waals surface area contributed by atoms with Gasteiger partial charge in [0, 0.05) is 0 Å². The molecular formula is C13H16N2O2. The normalized spacial score (nSPS) is 19.8. The van der Waals surface area contributed by atoms with Crippen LogP contribution in [0, 0.1) is 20.8 Å². The van der Waals surface area contributed by atoms with Gasteiger partial charge in [-0.15, -0.1) is 0 Å². The zero-order chi connectivity index (χ0) is 12.7. The van der Waals surface area contributed by atoms with Gasteiger partial charge < -0.3 is 5.32 Å². The summed E-state index contributed by atoms with van der Waals surface area (Å²) in [7, 11) is 0. The lowest BCUT2D eigenvalue weighted by molar-refractivity contribution is -0.117. The quantitative estimate of drug-likeness (QED) is 0.753. The molecule has 17 heavy (non-hydrogen) atoms. The molecule has 1 aromatic carbocycles. The van der Waals surface area contributed by atoms with Crippen molar-refractivity contribution in [1.82, 2.24) is 5.32 Å². The Morgan fingerprint density at radius 3 is 2.06 bits per heavy atom. The largest absolute Gasteiger partial charge is 0.329 e. The van der Waals surface area contributed by atoms with Gasteiger partial charge in [-0.1, -0.05) is 17.7 Å². The summed E-state index contributed by atoms with van der Waals surface area (Å²) in [6, 6.07) is 3.18. The molecule has 1 heterocycles. The molecule has 3 amide bonds. The van der Waals surface area contributed by atoms with Gasteiger partial charge in [0.05, 0.1) is 5.69 Å². The Labute approximate surface area is 101 Å². The minimum atomic E-state index is -0.442. The fourth-order valence-electron chi connectivity index (χ4n) is 2.34. The maximum atomic E-state index is 11.9. The maximum absolute atomic E-state index is 11.9. The predicted octanol–water partition coefficient (Wildman–Crippen LogP) is 2.06. The van der Waals surface area contributed by atoms with E-state index < -0.39 is 6.04 Å². The second kappa shape index (κ2) is 3.87. The maximum Gasteiger partial charge on any atom is 0.329 e. The highest BCUT2D eigenvalue weighted by Crippen LogP contribution is 2.28. The Kier molecular flexibility index (Phi) is 2.65. The van der Waals surface area contributed by atoms with Crippen molar-refractivity contribution in [2.45, 2.75) is 33.7 Å². The van der Waals surface area contributed by atoms with Gasteiger partial charge in [0.25, 0.3) is 5.91 Å². The number of carbonyl (C=O) groups is 2. The molecular weight excluding hydrogens is 216 g/mol. The third-order valence-electron chi connectivity index (χ3n) is 2.99. The van der Waals surface area contributed by atoms with Crippen LogP contribution < -0.4 is 10.2 Å². The van der Waals surface area contributed by atoms with Gasteiger partial charge in [0.2, 0.25) is 0 Å². The molecule has 1 atom stereocenters. The summed E-state index contributed by atoms with van der Waals surface area (Å²) in [4.78, 5) is 25.0. The van der Waals surface area contributed by atoms with Gasteiger partial charge in [-0.2, -0.15) is 0 Å². The summed E-state index contributed by atoms with van der Waals surface area (Å²) in [6.45, 7) is 7.52. The lowest BCUT2D eigenvalue weighted by atomic mass is 10.0. The highest BCUT2D eigenvalue weighted by molar-refractivity contribution is 6.21. The lowest BCUT2D eigenvalue weighted by Gasteiger charge is -2.19. The molecule has 1 fully saturated rings. The van der Waals surface area contributed by atoms with Crippen LogP contribution in [0.15, 0.2) is 12.1 Å². The minimum absolute atomic E-state index is 0.190. The van der Waals surface area contributed by atoms with Gasteiger partial charge >= 0.3 is 6.03 Å². The van der Waals surface area contributed by atoms with Crippen LogP contribution in [0.4, 0.5) is 10.5 Å². The molecule has 0 saturated carbocycles. The number of imide groups is 1. The first kappa shape index (κ1) is 11.6. The first-order chi connectivity index (χ1) is 7.91. The van der Waals surface area contributed by atoms with Gasteiger partial charge in [0.1, 0.15) is 6.04 Å². The van der Waals surface area contributed by atoms with Gasteiger partial charge in [-0.25, -0.2) is 9.69 Å². The molecule has 0 aromatic heterocycles. The number of anilines is 1. The fraction of sp³-hybridized carbons (Fsp3) is 0.385. The Hall–Kier alpha value is -1.84. The predicted molar refractivity (Wildman–Crippen MR) is 66.1 cm³/mol. The van der Waals surface area contributed by atoms with Crippen LogP contribution in [0.2, 0.25) is 0 Å². The molecule has 0 spiro atoms. The molecule has 4 heteroatoms. The van der Waals surface area contributed by atoms with Crippen molar-refractivity contribution in [3.63, 3.8) is 0 Å². The molecule has 2 rings (SSSR count). The first-order valence-corrected chi connectivity index (χ1v) is 5.64. The van der Waals surface area contributed by atoms with Crippen molar-refractivity contribution in [3.05, 3.63) is 28.8 Å². The van der Waals surface area contributed by atoms with Crippen LogP contribution in [-0.4, -0.2) is 18.0 Å². The van der Waals surface area contributed by atoms with Crippen molar-refractivity contribution in [2.24, 2.45) is 0 Å². The molecule has 1 aromatic rings. The van der Waals surface area contributed by atoms with Crippen LogP contribution in [0.1, 0.15) is 23.6 Å². The summed E-state index contributed by atoms with van der Waals surface area (Å²) in [5, 5.41) is 2.62. The molecule has 1 N–H and O–H groups in total. The van der Waals surface area contributed by atoms with E-state index in [0.29, 0.717) is 5.69 Å². The number of urea groups is 1. The Balaban J connectivity index is 2.55. The number of amides is 3. The van der Waals surface area contributed by atoms with Gasteiger partial charge in [-0.3, -0.25) is 4.79 Å². The van der Waals surface area contributed by atoms with E-state index in [1.807, 2.05) is 32.9 Å². The molecule has 0 bridgehead atoms. The number of carbonyl (C=O) groups excluding carboxylic acids is 2. The summed E-state index contributed by atoms with van der Waals surface area (Å²) in [6.07, 6.45) is 0. The number of aryl methyl sites for hydroxylation is 3. The lowest BCUT2D eigenvalue weighted by Crippen LogP contribution is -2.32. The van der Waals surface area contributed by atoms with Gasteiger partial charge in [0.15, 0.2) is 0 Å². The minimum Gasteiger partial charge on any atom is -0.326 e. The third-order valence-corrected chi connectivity index (χ3v) is 2.99. The summed E-state index contributed by atoms with van der Waals surface area (Å²) in [5.74, 6) is -0.190. The first-order valence-electron chi connectivity index (χ1n) is 5.64. The molecule has 90 valence electrons. The molecule has 4 nitrogen and oxygen atoms in total. The zero-order valence-corrected chi connectivity index (χ0v) is 10.5. The van der Waals surface area contributed by atoms with Crippen LogP contribution >= 0.6 is 0 Å². The Morgan fingerprint density at radius 2 is 1.65 bits per heavy atom. The van der Waals surface area contributed by atoms with Crippen LogP contribution in [0.25, 0.3) is 0 Å². The number of nitrogens with one attached hydrogen (secondary N) is 1. The van der Waals surface area contributed by atoms with Crippen molar-refractivity contribution < 1.29 is 9.59 Å². The van der Waals surface area contributed by atoms with E-state index in [9.17, 15) is 9.59 Å². The van der Waals surface area contributed by atoms with Crippen LogP contribution in [-0.2, 0) is 4.79 Å². The van der Waals surface area contributed by atoms with Crippen molar-refractivity contribution >= 4 is 17.6 Å². The van der Waals surface area contributed by atoms with E-state index in [-0.39, 0.29) is 11.9 Å². The average Bonchev–Trinajstić information content (AvgIpc) is 2.43. The van der Waals surface area contributed by atoms with Crippen molar-refractivity contribution in [2.75, 3.05) is 4.90 Å². The van der Waals surface area contributed by atoms with Crippen LogP contribution in [0.3, 0.4) is 0 Å². The highest BCUT2D eigenvalue weighted by atomic mass is 16.2. The van der Waals surface area contributed by atoms with E-state index in [0.717, 1.165) is 16.7 Å². The van der Waals surface area contributed by atoms with Crippen molar-refractivity contribution in [3.8, 4) is 0 Å². The molecule has 0 unspecified atom stereocenters. The van der Waals surface area contributed by atoms with Gasteiger partial charge in [-0.05, 0) is 38.8 Å². The number of nitrogens with zero attached hydrogens (tertiary/aromatic N) is 1. The SMILES string of the molecule is Cc1cc(C)c(N2C(=O)N[C@H](C)C2=O)c(C)c1. The number of hydrogen-bond acceptors (Lipinski definition) is 2. The number of rotatable bonds is 1. The second-order valence-corrected chi connectivity index (χ2v) is 4.59. The molecule has 0 aliphatic carbocycles. The third kappa shape index (κ3) is 1.79. The molecule has 0 radical (unpaired) electrons. The standard InChI is InChI=1S/C13H16N2O2/c1-7-5-8(2)11(9(3)6-7)15-12(16)10(4)14-13(15)17/h5-6,10H,1-4H3,(H,14,17)/t10-/m1/s1. The Morgan fingerprint density at radius 1 is 1.12 bits per heavy atom. The summed E-state index contributed by atoms with van der Waals surface area (Å²) in [5.41, 5.74) is 3.73. The smallest absolute Gasteiger partial charge is 0.326 e. The van der Waals surface area contributed by atoms with E-state index in [4.69, 9.17) is 0 Å². The van der Waals surface area contributed by atoms with Crippen molar-refractivity contribution in [1.29, 1.82) is 0 Å². The second-order valence-electron chi connectivity index (χ2n) is 4.59. The molecule has 1 aliphatic rings. The summed E-state index contributed by atoms with van der Waals surface area (Å²) < 4.78 is 0. The Bertz CT molecular complexity index is 485. The van der Waals surface area contributed by atoms with E-state index in [2.05, 4.69) is 5.32 Å². The zero-order valence-electron chi connectivity index (χ0n) is 10.5. The molecule has 1 aliphatic heterocycles. The fourth-order valence-corrected chi connectivity index (χ4v) is 2.34. The van der Waals surface area contributed by atoms with E-state index in [1.54, 1.807) is 6.92 Å². The monoisotopic (exact) mass is 232 g/mol.